The van der Waals surface area contributed by atoms with E-state index in [-0.39, 0.29) is 9.88 Å². The molecule has 6 heteroatoms. The Bertz CT molecular complexity index is 495. The summed E-state index contributed by atoms with van der Waals surface area (Å²) in [5, 5.41) is 0. The van der Waals surface area contributed by atoms with Crippen LogP contribution in [0.1, 0.15) is 18.9 Å². The maximum Gasteiger partial charge on any atom is 0.241 e. The van der Waals surface area contributed by atoms with Crippen LogP contribution < -0.4 is 10.5 Å². The van der Waals surface area contributed by atoms with Gasteiger partial charge in [-0.3, -0.25) is 0 Å². The Morgan fingerprint density at radius 1 is 1.41 bits per heavy atom. The van der Waals surface area contributed by atoms with Gasteiger partial charge in [-0.1, -0.05) is 36.8 Å². The summed E-state index contributed by atoms with van der Waals surface area (Å²) in [7, 11) is -3.55. The fraction of sp³-hybridized carbons (Fsp3) is 0.364. The van der Waals surface area contributed by atoms with Crippen LogP contribution in [0, 0.1) is 6.92 Å². The first kappa shape index (κ1) is 14.1. The smallest absolute Gasteiger partial charge is 0.241 e. The van der Waals surface area contributed by atoms with Crippen molar-refractivity contribution >= 4 is 27.2 Å². The lowest BCUT2D eigenvalue weighted by Crippen LogP contribution is -2.42. The first-order valence-electron chi connectivity index (χ1n) is 5.25. The molecular weight excluding hydrogens is 256 g/mol. The van der Waals surface area contributed by atoms with Gasteiger partial charge in [-0.15, -0.1) is 0 Å². The second-order valence-electron chi connectivity index (χ2n) is 3.80. The summed E-state index contributed by atoms with van der Waals surface area (Å²) in [4.78, 5) is 0.376. The Morgan fingerprint density at radius 3 is 2.35 bits per heavy atom. The van der Waals surface area contributed by atoms with Crippen molar-refractivity contribution in [3.05, 3.63) is 29.8 Å². The number of hydrogen-bond acceptors (Lipinski definition) is 3. The van der Waals surface area contributed by atoms with Crippen LogP contribution in [0.2, 0.25) is 0 Å². The van der Waals surface area contributed by atoms with Crippen LogP contribution in [-0.2, 0) is 10.0 Å². The van der Waals surface area contributed by atoms with Gasteiger partial charge in [0.15, 0.2) is 0 Å². The van der Waals surface area contributed by atoms with E-state index in [9.17, 15) is 8.42 Å². The van der Waals surface area contributed by atoms with Crippen LogP contribution in [0.25, 0.3) is 0 Å². The molecule has 0 bridgehead atoms. The number of thiocarbonyl (C=S) groups is 1. The van der Waals surface area contributed by atoms with E-state index in [0.717, 1.165) is 5.56 Å². The number of nitrogens with two attached hydrogens (primary N) is 1. The van der Waals surface area contributed by atoms with E-state index in [1.54, 1.807) is 24.3 Å². The Hall–Kier alpha value is -0.980. The summed E-state index contributed by atoms with van der Waals surface area (Å²) in [5.74, 6) is 0. The highest BCUT2D eigenvalue weighted by atomic mass is 32.2. The molecule has 0 saturated carbocycles. The number of benzene rings is 1. The van der Waals surface area contributed by atoms with Crippen molar-refractivity contribution in [3.8, 4) is 0 Å². The van der Waals surface area contributed by atoms with Gasteiger partial charge in [0.2, 0.25) is 10.0 Å². The van der Waals surface area contributed by atoms with E-state index < -0.39 is 16.1 Å². The van der Waals surface area contributed by atoms with Gasteiger partial charge < -0.3 is 5.73 Å². The van der Waals surface area contributed by atoms with Gasteiger partial charge in [0.1, 0.15) is 0 Å². The average Bonchev–Trinajstić information content (AvgIpc) is 2.26. The lowest BCUT2D eigenvalue weighted by atomic mass is 10.2. The van der Waals surface area contributed by atoms with Gasteiger partial charge in [0, 0.05) is 0 Å². The summed E-state index contributed by atoms with van der Waals surface area (Å²) in [6.45, 7) is 3.72. The van der Waals surface area contributed by atoms with E-state index in [2.05, 4.69) is 4.72 Å². The minimum atomic E-state index is -3.55. The predicted molar refractivity (Wildman–Crippen MR) is 72.4 cm³/mol. The molecule has 0 aliphatic rings. The third kappa shape index (κ3) is 3.76. The standard InChI is InChI=1S/C11H16N2O2S2/c1-3-10(11(12)16)13-17(14,15)9-6-4-8(2)5-7-9/h4-7,10,13H,3H2,1-2H3,(H2,12,16). The summed E-state index contributed by atoms with van der Waals surface area (Å²) < 4.78 is 26.5. The van der Waals surface area contributed by atoms with Gasteiger partial charge in [-0.25, -0.2) is 13.1 Å². The molecule has 0 fully saturated rings. The van der Waals surface area contributed by atoms with Crippen LogP contribution >= 0.6 is 12.2 Å². The lowest BCUT2D eigenvalue weighted by molar-refractivity contribution is 0.572. The molecule has 0 aliphatic carbocycles. The number of sulfonamides is 1. The molecule has 4 nitrogen and oxygen atoms in total. The zero-order valence-corrected chi connectivity index (χ0v) is 11.4. The van der Waals surface area contributed by atoms with Crippen LogP contribution in [0.15, 0.2) is 29.2 Å². The highest BCUT2D eigenvalue weighted by Gasteiger charge is 2.20. The molecule has 0 aliphatic heterocycles. The van der Waals surface area contributed by atoms with E-state index >= 15 is 0 Å². The van der Waals surface area contributed by atoms with Crippen LogP contribution in [-0.4, -0.2) is 19.4 Å². The maximum absolute atomic E-state index is 12.0. The minimum absolute atomic E-state index is 0.156. The maximum atomic E-state index is 12.0. The molecule has 1 atom stereocenters. The van der Waals surface area contributed by atoms with E-state index in [1.165, 1.54) is 0 Å². The highest BCUT2D eigenvalue weighted by Crippen LogP contribution is 2.11. The molecule has 94 valence electrons. The summed E-state index contributed by atoms with van der Waals surface area (Å²) in [6, 6.07) is 6.11. The van der Waals surface area contributed by atoms with E-state index in [0.29, 0.717) is 6.42 Å². The molecular formula is C11H16N2O2S2. The predicted octanol–water partition coefficient (Wildman–Crippen LogP) is 1.34. The van der Waals surface area contributed by atoms with Gasteiger partial charge >= 0.3 is 0 Å². The van der Waals surface area contributed by atoms with Crippen molar-refractivity contribution in [1.29, 1.82) is 0 Å². The number of nitrogens with one attached hydrogen (secondary N) is 1. The molecule has 0 aromatic heterocycles. The largest absolute Gasteiger partial charge is 0.392 e. The van der Waals surface area contributed by atoms with Crippen molar-refractivity contribution in [2.24, 2.45) is 5.73 Å². The van der Waals surface area contributed by atoms with Crippen molar-refractivity contribution in [1.82, 2.24) is 4.72 Å². The zero-order valence-electron chi connectivity index (χ0n) is 9.80. The van der Waals surface area contributed by atoms with Crippen molar-refractivity contribution in [3.63, 3.8) is 0 Å². The summed E-state index contributed by atoms with van der Waals surface area (Å²) in [6.07, 6.45) is 0.528. The van der Waals surface area contributed by atoms with Crippen molar-refractivity contribution in [2.45, 2.75) is 31.2 Å². The molecule has 17 heavy (non-hydrogen) atoms. The Labute approximate surface area is 107 Å². The van der Waals surface area contributed by atoms with E-state index in [4.69, 9.17) is 18.0 Å². The molecule has 0 radical (unpaired) electrons. The zero-order chi connectivity index (χ0) is 13.1. The topological polar surface area (TPSA) is 72.2 Å². The Kier molecular flexibility index (Phi) is 4.62. The molecule has 1 aromatic rings. The summed E-state index contributed by atoms with van der Waals surface area (Å²) in [5.41, 5.74) is 6.47. The molecule has 0 spiro atoms. The second kappa shape index (κ2) is 5.57. The third-order valence-corrected chi connectivity index (χ3v) is 4.15. The molecule has 3 N–H and O–H groups in total. The van der Waals surface area contributed by atoms with Crippen molar-refractivity contribution < 1.29 is 8.42 Å². The number of aryl methyl sites for hydroxylation is 1. The summed E-state index contributed by atoms with van der Waals surface area (Å²) >= 11 is 4.81. The molecule has 0 heterocycles. The minimum Gasteiger partial charge on any atom is -0.392 e. The van der Waals surface area contributed by atoms with E-state index in [1.807, 2.05) is 13.8 Å². The SMILES string of the molecule is CCC(NS(=O)(=O)c1ccc(C)cc1)C(N)=S. The fourth-order valence-electron chi connectivity index (χ4n) is 1.32. The third-order valence-electron chi connectivity index (χ3n) is 2.38. The quantitative estimate of drug-likeness (QED) is 0.793. The Balaban J connectivity index is 2.96. The molecule has 1 unspecified atom stereocenters. The number of hydrogen-bond donors (Lipinski definition) is 2. The van der Waals surface area contributed by atoms with Crippen LogP contribution in [0.4, 0.5) is 0 Å². The first-order valence-corrected chi connectivity index (χ1v) is 7.14. The average molecular weight is 272 g/mol. The number of rotatable bonds is 5. The Morgan fingerprint density at radius 2 is 1.94 bits per heavy atom. The molecule has 1 aromatic carbocycles. The second-order valence-corrected chi connectivity index (χ2v) is 5.98. The van der Waals surface area contributed by atoms with Gasteiger partial charge in [-0.05, 0) is 25.5 Å². The van der Waals surface area contributed by atoms with Crippen LogP contribution in [0.3, 0.4) is 0 Å². The molecule has 1 rings (SSSR count). The fourth-order valence-corrected chi connectivity index (χ4v) is 2.91. The monoisotopic (exact) mass is 272 g/mol. The normalized spacial score (nSPS) is 13.3. The molecule has 0 saturated heterocycles. The lowest BCUT2D eigenvalue weighted by Gasteiger charge is -2.15. The van der Waals surface area contributed by atoms with Gasteiger partial charge in [0.25, 0.3) is 0 Å². The van der Waals surface area contributed by atoms with Gasteiger partial charge in [0.05, 0.1) is 15.9 Å². The van der Waals surface area contributed by atoms with Crippen LogP contribution in [0.5, 0.6) is 0 Å². The highest BCUT2D eigenvalue weighted by molar-refractivity contribution is 7.89. The first-order chi connectivity index (χ1) is 7.86. The van der Waals surface area contributed by atoms with Crippen molar-refractivity contribution in [2.75, 3.05) is 0 Å². The van der Waals surface area contributed by atoms with Gasteiger partial charge in [-0.2, -0.15) is 0 Å². The molecule has 0 amide bonds.